The standard InChI is InChI=1S/C26H27ClFN5O4/c1-13-17(11-30-23-22(13)33(7-8-36-23)25(35)37-26(2,3)4)16-9-14-10-19(32-24(34)31-15-5-6-15)29-12-18(14)20(27)21(16)28/h9-12,15H,5-8H2,1-4H3,(H2,29,31,32,34). The number of fused-ring (bicyclic) bond motifs is 2. The molecule has 0 spiro atoms. The average molecular weight is 528 g/mol. The van der Waals surface area contributed by atoms with Gasteiger partial charge in [-0.05, 0) is 63.6 Å². The number of nitrogens with zero attached hydrogens (tertiary/aromatic N) is 3. The van der Waals surface area contributed by atoms with E-state index >= 15 is 4.39 Å². The second-order valence-corrected chi connectivity index (χ2v) is 10.5. The number of aromatic nitrogens is 2. The molecule has 37 heavy (non-hydrogen) atoms. The Morgan fingerprint density at radius 3 is 2.65 bits per heavy atom. The van der Waals surface area contributed by atoms with Crippen LogP contribution in [0.25, 0.3) is 21.9 Å². The van der Waals surface area contributed by atoms with E-state index in [0.717, 1.165) is 12.8 Å². The van der Waals surface area contributed by atoms with Crippen LogP contribution < -0.4 is 20.3 Å². The van der Waals surface area contributed by atoms with Crippen molar-refractivity contribution in [3.8, 4) is 17.0 Å². The molecule has 3 heterocycles. The molecule has 1 aliphatic carbocycles. The highest BCUT2D eigenvalue weighted by Gasteiger charge is 2.32. The van der Waals surface area contributed by atoms with Crippen LogP contribution in [0.4, 0.5) is 25.5 Å². The maximum absolute atomic E-state index is 15.6. The molecule has 194 valence electrons. The zero-order valence-electron chi connectivity index (χ0n) is 20.9. The Morgan fingerprint density at radius 1 is 1.19 bits per heavy atom. The first-order chi connectivity index (χ1) is 17.5. The van der Waals surface area contributed by atoms with Crippen molar-refractivity contribution >= 4 is 46.0 Å². The fraction of sp³-hybridized carbons (Fsp3) is 0.385. The van der Waals surface area contributed by atoms with E-state index < -0.39 is 17.5 Å². The third-order valence-electron chi connectivity index (χ3n) is 6.06. The Bertz CT molecular complexity index is 1420. The highest BCUT2D eigenvalue weighted by Crippen LogP contribution is 2.42. The van der Waals surface area contributed by atoms with Crippen molar-refractivity contribution in [2.45, 2.75) is 52.2 Å². The van der Waals surface area contributed by atoms with E-state index in [1.807, 2.05) is 0 Å². The highest BCUT2D eigenvalue weighted by atomic mass is 35.5. The lowest BCUT2D eigenvalue weighted by Crippen LogP contribution is -2.42. The summed E-state index contributed by atoms with van der Waals surface area (Å²) < 4.78 is 26.8. The Morgan fingerprint density at radius 2 is 1.95 bits per heavy atom. The van der Waals surface area contributed by atoms with Crippen LogP contribution in [0.5, 0.6) is 5.88 Å². The molecule has 1 saturated carbocycles. The maximum Gasteiger partial charge on any atom is 0.415 e. The number of anilines is 2. The summed E-state index contributed by atoms with van der Waals surface area (Å²) in [6, 6.07) is 3.10. The molecule has 1 aliphatic heterocycles. The van der Waals surface area contributed by atoms with Crippen LogP contribution in [0.3, 0.4) is 0 Å². The van der Waals surface area contributed by atoms with Gasteiger partial charge in [0.05, 0.1) is 11.6 Å². The van der Waals surface area contributed by atoms with E-state index in [1.54, 1.807) is 39.8 Å². The largest absolute Gasteiger partial charge is 0.474 e. The Hall–Kier alpha value is -3.66. The van der Waals surface area contributed by atoms with Crippen LogP contribution in [-0.2, 0) is 4.74 Å². The fourth-order valence-corrected chi connectivity index (χ4v) is 4.43. The topological polar surface area (TPSA) is 106 Å². The van der Waals surface area contributed by atoms with E-state index in [9.17, 15) is 9.59 Å². The SMILES string of the molecule is Cc1c(-c2cc3cc(NC(=O)NC4CC4)ncc3c(Cl)c2F)cnc2c1N(C(=O)OC(C)(C)C)CCO2. The molecule has 0 bridgehead atoms. The summed E-state index contributed by atoms with van der Waals surface area (Å²) in [5, 5.41) is 6.41. The zero-order chi connectivity index (χ0) is 26.5. The van der Waals surface area contributed by atoms with Crippen LogP contribution in [0.15, 0.2) is 24.5 Å². The number of benzene rings is 1. The Kier molecular flexibility index (Phi) is 6.31. The number of nitrogens with one attached hydrogen (secondary N) is 2. The first kappa shape index (κ1) is 25.0. The van der Waals surface area contributed by atoms with Gasteiger partial charge in [-0.3, -0.25) is 10.2 Å². The smallest absolute Gasteiger partial charge is 0.415 e. The molecule has 3 aromatic rings. The van der Waals surface area contributed by atoms with Gasteiger partial charge in [-0.15, -0.1) is 0 Å². The molecule has 2 aliphatic rings. The van der Waals surface area contributed by atoms with Crippen molar-refractivity contribution in [2.24, 2.45) is 0 Å². The van der Waals surface area contributed by atoms with Gasteiger partial charge in [0.25, 0.3) is 0 Å². The third kappa shape index (κ3) is 5.11. The molecule has 0 radical (unpaired) electrons. The van der Waals surface area contributed by atoms with Crippen molar-refractivity contribution in [2.75, 3.05) is 23.4 Å². The number of hydrogen-bond donors (Lipinski definition) is 2. The maximum atomic E-state index is 15.6. The molecule has 2 N–H and O–H groups in total. The molecule has 3 amide bonds. The second-order valence-electron chi connectivity index (χ2n) is 10.1. The first-order valence-electron chi connectivity index (χ1n) is 12.0. The summed E-state index contributed by atoms with van der Waals surface area (Å²) >= 11 is 6.42. The highest BCUT2D eigenvalue weighted by molar-refractivity contribution is 6.36. The lowest BCUT2D eigenvalue weighted by Gasteiger charge is -2.32. The lowest BCUT2D eigenvalue weighted by atomic mass is 9.97. The van der Waals surface area contributed by atoms with Crippen molar-refractivity contribution < 1.29 is 23.5 Å². The molecule has 1 aromatic carbocycles. The van der Waals surface area contributed by atoms with Crippen molar-refractivity contribution in [3.63, 3.8) is 0 Å². The summed E-state index contributed by atoms with van der Waals surface area (Å²) in [6.45, 7) is 7.64. The van der Waals surface area contributed by atoms with Gasteiger partial charge in [0.2, 0.25) is 5.88 Å². The van der Waals surface area contributed by atoms with E-state index in [1.165, 1.54) is 17.3 Å². The monoisotopic (exact) mass is 527 g/mol. The van der Waals surface area contributed by atoms with Gasteiger partial charge in [0.15, 0.2) is 0 Å². The predicted octanol–water partition coefficient (Wildman–Crippen LogP) is 5.82. The number of carbonyl (C=O) groups is 2. The van der Waals surface area contributed by atoms with Gasteiger partial charge >= 0.3 is 12.1 Å². The number of pyridine rings is 2. The van der Waals surface area contributed by atoms with Crippen LogP contribution in [0, 0.1) is 12.7 Å². The van der Waals surface area contributed by atoms with Gasteiger partial charge in [-0.2, -0.15) is 0 Å². The summed E-state index contributed by atoms with van der Waals surface area (Å²) in [5.41, 5.74) is 0.946. The number of ether oxygens (including phenoxy) is 2. The van der Waals surface area contributed by atoms with Crippen molar-refractivity contribution in [3.05, 3.63) is 40.9 Å². The number of carbonyl (C=O) groups excluding carboxylic acids is 2. The van der Waals surface area contributed by atoms with Crippen LogP contribution >= 0.6 is 11.6 Å². The molecule has 9 nitrogen and oxygen atoms in total. The fourth-order valence-electron chi connectivity index (χ4n) is 4.17. The first-order valence-corrected chi connectivity index (χ1v) is 12.4. The van der Waals surface area contributed by atoms with Gasteiger partial charge in [-0.25, -0.2) is 23.9 Å². The van der Waals surface area contributed by atoms with E-state index in [4.69, 9.17) is 21.1 Å². The van der Waals surface area contributed by atoms with Crippen LogP contribution in [0.2, 0.25) is 5.02 Å². The van der Waals surface area contributed by atoms with E-state index in [2.05, 4.69) is 20.6 Å². The molecule has 2 aromatic heterocycles. The van der Waals surface area contributed by atoms with Gasteiger partial charge in [-0.1, -0.05) is 11.6 Å². The number of urea groups is 1. The Labute approximate surface area is 218 Å². The number of halogens is 2. The van der Waals surface area contributed by atoms with Crippen molar-refractivity contribution in [1.82, 2.24) is 15.3 Å². The molecule has 1 fully saturated rings. The molecular weight excluding hydrogens is 501 g/mol. The minimum absolute atomic E-state index is 0.105. The Balaban J connectivity index is 1.55. The van der Waals surface area contributed by atoms with E-state index in [0.29, 0.717) is 33.4 Å². The van der Waals surface area contributed by atoms with Gasteiger partial charge < -0.3 is 14.8 Å². The van der Waals surface area contributed by atoms with Crippen molar-refractivity contribution in [1.29, 1.82) is 0 Å². The van der Waals surface area contributed by atoms with Gasteiger partial charge in [0.1, 0.15) is 29.5 Å². The summed E-state index contributed by atoms with van der Waals surface area (Å²) in [5.74, 6) is -0.0689. The van der Waals surface area contributed by atoms with Gasteiger partial charge in [0, 0.05) is 34.9 Å². The summed E-state index contributed by atoms with van der Waals surface area (Å²) in [6.07, 6.45) is 4.30. The molecule has 0 unspecified atom stereocenters. The van der Waals surface area contributed by atoms with Crippen LogP contribution in [-0.4, -0.2) is 46.9 Å². The third-order valence-corrected chi connectivity index (χ3v) is 6.43. The predicted molar refractivity (Wildman–Crippen MR) is 139 cm³/mol. The minimum atomic E-state index is -0.693. The quantitative estimate of drug-likeness (QED) is 0.445. The van der Waals surface area contributed by atoms with E-state index in [-0.39, 0.29) is 41.7 Å². The van der Waals surface area contributed by atoms with Crippen LogP contribution in [0.1, 0.15) is 39.2 Å². The molecule has 0 saturated heterocycles. The lowest BCUT2D eigenvalue weighted by molar-refractivity contribution is 0.0566. The summed E-state index contributed by atoms with van der Waals surface area (Å²) in [7, 11) is 0. The number of rotatable bonds is 3. The number of hydrogen-bond acceptors (Lipinski definition) is 6. The molecule has 0 atom stereocenters. The normalized spacial score (nSPS) is 15.1. The molecule has 11 heteroatoms. The summed E-state index contributed by atoms with van der Waals surface area (Å²) in [4.78, 5) is 35.1. The number of amides is 3. The second kappa shape index (κ2) is 9.33. The molecule has 5 rings (SSSR count). The zero-order valence-corrected chi connectivity index (χ0v) is 21.7. The average Bonchev–Trinajstić information content (AvgIpc) is 3.64. The minimum Gasteiger partial charge on any atom is -0.474 e. The molecular formula is C26H27ClFN5O4.